The van der Waals surface area contributed by atoms with Gasteiger partial charge in [-0.05, 0) is 23.3 Å². The van der Waals surface area contributed by atoms with Gasteiger partial charge >= 0.3 is 0 Å². The normalized spacial score (nSPS) is 10.7. The molecule has 0 unspecified atom stereocenters. The topological polar surface area (TPSA) is 81.9 Å². The van der Waals surface area contributed by atoms with Crippen molar-refractivity contribution in [1.82, 2.24) is 25.5 Å². The molecule has 0 fully saturated rings. The highest BCUT2D eigenvalue weighted by atomic mass is 16.5. The summed E-state index contributed by atoms with van der Waals surface area (Å²) in [6.07, 6.45) is 0. The third-order valence-corrected chi connectivity index (χ3v) is 2.77. The molecule has 7 heteroatoms. The van der Waals surface area contributed by atoms with E-state index >= 15 is 0 Å². The van der Waals surface area contributed by atoms with Crippen molar-refractivity contribution in [2.24, 2.45) is 5.92 Å². The predicted molar refractivity (Wildman–Crippen MR) is 77.7 cm³/mol. The van der Waals surface area contributed by atoms with E-state index in [1.165, 1.54) is 4.80 Å². The minimum absolute atomic E-state index is 0.0592. The zero-order valence-corrected chi connectivity index (χ0v) is 12.4. The molecule has 0 bridgehead atoms. The summed E-state index contributed by atoms with van der Waals surface area (Å²) < 4.78 is 5.16. The molecule has 0 radical (unpaired) electrons. The van der Waals surface area contributed by atoms with Crippen molar-refractivity contribution in [1.29, 1.82) is 0 Å². The van der Waals surface area contributed by atoms with Crippen LogP contribution in [0.25, 0.3) is 11.4 Å². The van der Waals surface area contributed by atoms with Crippen LogP contribution in [0.1, 0.15) is 13.8 Å². The van der Waals surface area contributed by atoms with Crippen LogP contribution >= 0.6 is 0 Å². The Labute approximate surface area is 123 Å². The number of carbonyl (C=O) groups excluding carboxylic acids is 1. The number of hydrogen-bond donors (Lipinski definition) is 1. The number of methoxy groups -OCH3 is 1. The van der Waals surface area contributed by atoms with E-state index in [2.05, 4.69) is 20.7 Å². The van der Waals surface area contributed by atoms with Crippen LogP contribution in [-0.2, 0) is 11.3 Å². The molecule has 21 heavy (non-hydrogen) atoms. The van der Waals surface area contributed by atoms with Crippen molar-refractivity contribution in [3.63, 3.8) is 0 Å². The molecule has 0 atom stereocenters. The molecule has 7 nitrogen and oxygen atoms in total. The van der Waals surface area contributed by atoms with E-state index in [9.17, 15) is 4.79 Å². The molecule has 0 aliphatic heterocycles. The van der Waals surface area contributed by atoms with Crippen LogP contribution in [0.4, 0.5) is 0 Å². The zero-order chi connectivity index (χ0) is 15.2. The minimum atomic E-state index is -0.127. The molecule has 2 rings (SSSR count). The Morgan fingerprint density at radius 1 is 1.43 bits per heavy atom. The van der Waals surface area contributed by atoms with Crippen molar-refractivity contribution in [3.8, 4) is 17.1 Å². The zero-order valence-electron chi connectivity index (χ0n) is 12.4. The Morgan fingerprint density at radius 3 is 2.95 bits per heavy atom. The number of rotatable bonds is 6. The van der Waals surface area contributed by atoms with Crippen LogP contribution in [0.5, 0.6) is 5.75 Å². The lowest BCUT2D eigenvalue weighted by Gasteiger charge is -2.06. The first-order valence-corrected chi connectivity index (χ1v) is 6.77. The van der Waals surface area contributed by atoms with Gasteiger partial charge in [0, 0.05) is 12.1 Å². The number of carbonyl (C=O) groups is 1. The summed E-state index contributed by atoms with van der Waals surface area (Å²) in [6, 6.07) is 7.38. The molecule has 1 aromatic heterocycles. The van der Waals surface area contributed by atoms with E-state index in [4.69, 9.17) is 4.74 Å². The molecule has 1 aromatic carbocycles. The summed E-state index contributed by atoms with van der Waals surface area (Å²) in [5.41, 5.74) is 0.795. The average molecular weight is 289 g/mol. The lowest BCUT2D eigenvalue weighted by Crippen LogP contribution is -2.31. The number of benzene rings is 1. The molecule has 0 saturated carbocycles. The molecule has 112 valence electrons. The van der Waals surface area contributed by atoms with Crippen LogP contribution in [0.2, 0.25) is 0 Å². The van der Waals surface area contributed by atoms with Gasteiger partial charge in [0.1, 0.15) is 12.3 Å². The molecule has 0 saturated heterocycles. The fourth-order valence-electron chi connectivity index (χ4n) is 1.69. The van der Waals surface area contributed by atoms with Crippen LogP contribution in [-0.4, -0.2) is 39.8 Å². The van der Waals surface area contributed by atoms with Gasteiger partial charge in [0.25, 0.3) is 0 Å². The van der Waals surface area contributed by atoms with E-state index in [0.717, 1.165) is 11.3 Å². The van der Waals surface area contributed by atoms with Gasteiger partial charge in [0.2, 0.25) is 11.7 Å². The Balaban J connectivity index is 2.02. The summed E-state index contributed by atoms with van der Waals surface area (Å²) in [6.45, 7) is 4.77. The van der Waals surface area contributed by atoms with Gasteiger partial charge in [-0.25, -0.2) is 0 Å². The minimum Gasteiger partial charge on any atom is -0.497 e. The smallest absolute Gasteiger partial charge is 0.243 e. The van der Waals surface area contributed by atoms with E-state index < -0.39 is 0 Å². The van der Waals surface area contributed by atoms with Gasteiger partial charge in [0.05, 0.1) is 7.11 Å². The molecular formula is C14H19N5O2. The summed E-state index contributed by atoms with van der Waals surface area (Å²) in [7, 11) is 1.60. The molecule has 0 spiro atoms. The first kappa shape index (κ1) is 15.0. The maximum absolute atomic E-state index is 11.7. The van der Waals surface area contributed by atoms with Gasteiger partial charge in [-0.2, -0.15) is 4.80 Å². The Bertz CT molecular complexity index is 609. The highest BCUT2D eigenvalue weighted by Gasteiger charge is 2.10. The van der Waals surface area contributed by atoms with Gasteiger partial charge in [-0.1, -0.05) is 26.0 Å². The Kier molecular flexibility index (Phi) is 4.86. The lowest BCUT2D eigenvalue weighted by molar-refractivity contribution is -0.122. The van der Waals surface area contributed by atoms with Crippen molar-refractivity contribution in [2.45, 2.75) is 20.4 Å². The first-order valence-electron chi connectivity index (χ1n) is 6.77. The third-order valence-electron chi connectivity index (χ3n) is 2.77. The van der Waals surface area contributed by atoms with E-state index in [1.807, 2.05) is 38.1 Å². The Hall–Kier alpha value is -2.44. The SMILES string of the molecule is COc1cccc(-c2nnn(CC(=O)NCC(C)C)n2)c1. The van der Waals surface area contributed by atoms with Crippen molar-refractivity contribution in [2.75, 3.05) is 13.7 Å². The summed E-state index contributed by atoms with van der Waals surface area (Å²) in [4.78, 5) is 13.0. The first-order chi connectivity index (χ1) is 10.1. The van der Waals surface area contributed by atoms with Crippen molar-refractivity contribution >= 4 is 5.91 Å². The van der Waals surface area contributed by atoms with Crippen molar-refractivity contribution < 1.29 is 9.53 Å². The molecule has 0 aliphatic carbocycles. The second-order valence-corrected chi connectivity index (χ2v) is 5.07. The maximum atomic E-state index is 11.7. The van der Waals surface area contributed by atoms with Crippen LogP contribution in [0, 0.1) is 5.92 Å². The van der Waals surface area contributed by atoms with Crippen LogP contribution in [0.3, 0.4) is 0 Å². The Morgan fingerprint density at radius 2 is 2.24 bits per heavy atom. The van der Waals surface area contributed by atoms with Gasteiger partial charge in [0.15, 0.2) is 0 Å². The number of hydrogen-bond acceptors (Lipinski definition) is 5. The molecule has 1 N–H and O–H groups in total. The van der Waals surface area contributed by atoms with Gasteiger partial charge in [-0.3, -0.25) is 4.79 Å². The number of aromatic nitrogens is 4. The number of nitrogens with zero attached hydrogens (tertiary/aromatic N) is 4. The lowest BCUT2D eigenvalue weighted by atomic mass is 10.2. The largest absolute Gasteiger partial charge is 0.497 e. The predicted octanol–water partition coefficient (Wildman–Crippen LogP) is 1.12. The summed E-state index contributed by atoms with van der Waals surface area (Å²) >= 11 is 0. The quantitative estimate of drug-likeness (QED) is 0.861. The fraction of sp³-hybridized carbons (Fsp3) is 0.429. The van der Waals surface area contributed by atoms with Crippen LogP contribution < -0.4 is 10.1 Å². The highest BCUT2D eigenvalue weighted by Crippen LogP contribution is 2.19. The molecule has 1 amide bonds. The second kappa shape index (κ2) is 6.83. The number of amides is 1. The molecule has 2 aromatic rings. The number of nitrogens with one attached hydrogen (secondary N) is 1. The summed E-state index contributed by atoms with van der Waals surface area (Å²) in [5.74, 6) is 1.47. The van der Waals surface area contributed by atoms with E-state index in [-0.39, 0.29) is 12.5 Å². The van der Waals surface area contributed by atoms with E-state index in [1.54, 1.807) is 7.11 Å². The number of ether oxygens (including phenoxy) is 1. The number of tetrazole rings is 1. The van der Waals surface area contributed by atoms with Gasteiger partial charge in [-0.15, -0.1) is 10.2 Å². The maximum Gasteiger partial charge on any atom is 0.243 e. The van der Waals surface area contributed by atoms with Gasteiger partial charge < -0.3 is 10.1 Å². The van der Waals surface area contributed by atoms with Crippen molar-refractivity contribution in [3.05, 3.63) is 24.3 Å². The third kappa shape index (κ3) is 4.27. The highest BCUT2D eigenvalue weighted by molar-refractivity contribution is 5.75. The second-order valence-electron chi connectivity index (χ2n) is 5.07. The average Bonchev–Trinajstić information content (AvgIpc) is 2.93. The van der Waals surface area contributed by atoms with E-state index in [0.29, 0.717) is 18.3 Å². The monoisotopic (exact) mass is 289 g/mol. The fourth-order valence-corrected chi connectivity index (χ4v) is 1.69. The summed E-state index contributed by atoms with van der Waals surface area (Å²) in [5, 5.41) is 14.9. The molecule has 0 aliphatic rings. The van der Waals surface area contributed by atoms with Crippen LogP contribution in [0.15, 0.2) is 24.3 Å². The molecular weight excluding hydrogens is 270 g/mol. The standard InChI is InChI=1S/C14H19N5O2/c1-10(2)8-15-13(20)9-19-17-14(16-18-19)11-5-4-6-12(7-11)21-3/h4-7,10H,8-9H2,1-3H3,(H,15,20). The molecule has 1 heterocycles.